The number of carbonyl (C=O) groups excluding carboxylic acids is 1. The quantitative estimate of drug-likeness (QED) is 0.261. The van der Waals surface area contributed by atoms with Crippen molar-refractivity contribution in [1.29, 1.82) is 0 Å². The van der Waals surface area contributed by atoms with Gasteiger partial charge < -0.3 is 5.32 Å². The summed E-state index contributed by atoms with van der Waals surface area (Å²) in [7, 11) is 0. The molecule has 0 rings (SSSR count). The van der Waals surface area contributed by atoms with Crippen LogP contribution in [0.4, 0.5) is 0 Å². The maximum absolute atomic E-state index is 9.84. The third-order valence-corrected chi connectivity index (χ3v) is 1.12. The van der Waals surface area contributed by atoms with Gasteiger partial charge in [0.1, 0.15) is 0 Å². The molecular weight excluding hydrogens is 140 g/mol. The molecular formula is C8H12N2O. The monoisotopic (exact) mass is 152 g/mol. The van der Waals surface area contributed by atoms with Gasteiger partial charge in [-0.1, -0.05) is 12.7 Å². The molecule has 0 saturated heterocycles. The van der Waals surface area contributed by atoms with E-state index in [4.69, 9.17) is 0 Å². The van der Waals surface area contributed by atoms with Crippen LogP contribution in [-0.2, 0) is 4.79 Å². The van der Waals surface area contributed by atoms with E-state index in [0.717, 1.165) is 5.70 Å². The summed E-state index contributed by atoms with van der Waals surface area (Å²) in [5.74, 6) is 0. The lowest BCUT2D eigenvalue weighted by Gasteiger charge is -1.97. The van der Waals surface area contributed by atoms with Crippen LogP contribution in [0.25, 0.3) is 0 Å². The van der Waals surface area contributed by atoms with Crippen molar-refractivity contribution in [3.05, 3.63) is 24.4 Å². The van der Waals surface area contributed by atoms with Crippen LogP contribution in [-0.4, -0.2) is 19.7 Å². The molecule has 0 bridgehead atoms. The fourth-order valence-corrected chi connectivity index (χ4v) is 0.610. The highest BCUT2D eigenvalue weighted by atomic mass is 16.1. The Morgan fingerprint density at radius 1 is 1.64 bits per heavy atom. The first-order valence-electron chi connectivity index (χ1n) is 3.30. The van der Waals surface area contributed by atoms with Crippen LogP contribution in [0.3, 0.4) is 0 Å². The predicted octanol–water partition coefficient (Wildman–Crippen LogP) is 0.893. The van der Waals surface area contributed by atoms with Crippen LogP contribution in [0.2, 0.25) is 0 Å². The minimum atomic E-state index is 0.586. The third-order valence-electron chi connectivity index (χ3n) is 1.12. The highest BCUT2D eigenvalue weighted by Crippen LogP contribution is 1.99. The molecule has 0 atom stereocenters. The van der Waals surface area contributed by atoms with Gasteiger partial charge in [-0.3, -0.25) is 9.79 Å². The maximum Gasteiger partial charge on any atom is 0.207 e. The van der Waals surface area contributed by atoms with Gasteiger partial charge in [0.05, 0.1) is 0 Å². The lowest BCUT2D eigenvalue weighted by molar-refractivity contribution is -0.109. The van der Waals surface area contributed by atoms with Crippen LogP contribution in [0.5, 0.6) is 0 Å². The average Bonchev–Trinajstić information content (AvgIpc) is 2.03. The van der Waals surface area contributed by atoms with E-state index >= 15 is 0 Å². The Morgan fingerprint density at radius 3 is 2.82 bits per heavy atom. The summed E-state index contributed by atoms with van der Waals surface area (Å²) in [4.78, 5) is 13.6. The van der Waals surface area contributed by atoms with E-state index in [1.54, 1.807) is 12.2 Å². The molecule has 0 aromatic rings. The van der Waals surface area contributed by atoms with E-state index in [2.05, 4.69) is 23.6 Å². The molecule has 60 valence electrons. The first kappa shape index (κ1) is 9.62. The summed E-state index contributed by atoms with van der Waals surface area (Å²) in [5.41, 5.74) is 0.828. The van der Waals surface area contributed by atoms with Crippen molar-refractivity contribution < 1.29 is 4.79 Å². The fraction of sp³-hybridized carbons (Fsp3) is 0.250. The van der Waals surface area contributed by atoms with Crippen LogP contribution in [0, 0.1) is 0 Å². The molecule has 1 N–H and O–H groups in total. The molecule has 11 heavy (non-hydrogen) atoms. The number of nitrogens with one attached hydrogen (secondary N) is 1. The van der Waals surface area contributed by atoms with Crippen molar-refractivity contribution in [3.63, 3.8) is 0 Å². The topological polar surface area (TPSA) is 41.5 Å². The molecule has 3 heteroatoms. The van der Waals surface area contributed by atoms with E-state index < -0.39 is 0 Å². The molecule has 0 aromatic carbocycles. The summed E-state index contributed by atoms with van der Waals surface area (Å²) in [5, 5.41) is 2.53. The summed E-state index contributed by atoms with van der Waals surface area (Å²) in [6.07, 6.45) is 4.76. The lowest BCUT2D eigenvalue weighted by Crippen LogP contribution is -2.12. The van der Waals surface area contributed by atoms with Crippen LogP contribution >= 0.6 is 0 Å². The molecule has 0 spiro atoms. The normalized spacial score (nSPS) is 10.4. The summed E-state index contributed by atoms with van der Waals surface area (Å²) in [6, 6.07) is 0. The second-order valence-electron chi connectivity index (χ2n) is 1.87. The number of carbonyl (C=O) groups is 1. The molecule has 0 radical (unpaired) electrons. The number of nitrogens with zero attached hydrogens (tertiary/aromatic N) is 1. The summed E-state index contributed by atoms with van der Waals surface area (Å²) >= 11 is 0. The SMILES string of the molecule is C=C/C=C(/CCNC=O)N=C. The van der Waals surface area contributed by atoms with Gasteiger partial charge in [-0.25, -0.2) is 0 Å². The van der Waals surface area contributed by atoms with Gasteiger partial charge in [0.15, 0.2) is 0 Å². The minimum Gasteiger partial charge on any atom is -0.358 e. The molecule has 0 saturated carbocycles. The smallest absolute Gasteiger partial charge is 0.207 e. The Kier molecular flexibility index (Phi) is 5.89. The number of allylic oxidation sites excluding steroid dienone is 2. The molecule has 0 fully saturated rings. The lowest BCUT2D eigenvalue weighted by atomic mass is 10.3. The van der Waals surface area contributed by atoms with E-state index in [9.17, 15) is 4.79 Å². The van der Waals surface area contributed by atoms with Crippen molar-refractivity contribution in [2.45, 2.75) is 6.42 Å². The van der Waals surface area contributed by atoms with Gasteiger partial charge in [-0.2, -0.15) is 0 Å². The number of amides is 1. The van der Waals surface area contributed by atoms with Crippen LogP contribution in [0.1, 0.15) is 6.42 Å². The molecule has 3 nitrogen and oxygen atoms in total. The Labute approximate surface area is 66.5 Å². The zero-order valence-electron chi connectivity index (χ0n) is 6.42. The summed E-state index contributed by atoms with van der Waals surface area (Å²) in [6.45, 7) is 7.48. The maximum atomic E-state index is 9.84. The summed E-state index contributed by atoms with van der Waals surface area (Å²) < 4.78 is 0. The van der Waals surface area contributed by atoms with Gasteiger partial charge in [0, 0.05) is 18.7 Å². The standard InChI is InChI=1S/C8H12N2O/c1-3-4-8(9-2)5-6-10-7-11/h3-4,7H,1-2,5-6H2,(H,10,11)/b8-4-. The second-order valence-corrected chi connectivity index (χ2v) is 1.87. The van der Waals surface area contributed by atoms with Crippen molar-refractivity contribution in [2.75, 3.05) is 6.54 Å². The largest absolute Gasteiger partial charge is 0.358 e. The Morgan fingerprint density at radius 2 is 2.36 bits per heavy atom. The average molecular weight is 152 g/mol. The minimum absolute atomic E-state index is 0.586. The van der Waals surface area contributed by atoms with Crippen molar-refractivity contribution in [1.82, 2.24) is 5.32 Å². The highest BCUT2D eigenvalue weighted by Gasteiger charge is 1.89. The number of aliphatic imine (C=N–C) groups is 1. The van der Waals surface area contributed by atoms with Gasteiger partial charge >= 0.3 is 0 Å². The number of rotatable bonds is 6. The third kappa shape index (κ3) is 5.08. The molecule has 0 heterocycles. The molecule has 0 aliphatic carbocycles. The van der Waals surface area contributed by atoms with Crippen molar-refractivity contribution in [3.8, 4) is 0 Å². The first-order chi connectivity index (χ1) is 5.35. The zero-order chi connectivity index (χ0) is 8.53. The van der Waals surface area contributed by atoms with Crippen LogP contribution in [0.15, 0.2) is 29.4 Å². The van der Waals surface area contributed by atoms with Crippen LogP contribution < -0.4 is 5.32 Å². The van der Waals surface area contributed by atoms with E-state index in [0.29, 0.717) is 19.4 Å². The predicted molar refractivity (Wildman–Crippen MR) is 46.5 cm³/mol. The first-order valence-corrected chi connectivity index (χ1v) is 3.30. The molecule has 0 aliphatic heterocycles. The van der Waals surface area contributed by atoms with E-state index in [1.807, 2.05) is 0 Å². The highest BCUT2D eigenvalue weighted by molar-refractivity contribution is 5.45. The fourth-order valence-electron chi connectivity index (χ4n) is 0.610. The molecule has 1 amide bonds. The van der Waals surface area contributed by atoms with Gasteiger partial charge in [0.2, 0.25) is 6.41 Å². The van der Waals surface area contributed by atoms with E-state index in [-0.39, 0.29) is 0 Å². The second kappa shape index (κ2) is 6.74. The Hall–Kier alpha value is -1.38. The zero-order valence-corrected chi connectivity index (χ0v) is 6.42. The molecule has 0 unspecified atom stereocenters. The van der Waals surface area contributed by atoms with Gasteiger partial charge in [-0.15, -0.1) is 0 Å². The van der Waals surface area contributed by atoms with E-state index in [1.165, 1.54) is 0 Å². The number of hydrogen-bond acceptors (Lipinski definition) is 2. The number of hydrogen-bond donors (Lipinski definition) is 1. The van der Waals surface area contributed by atoms with Gasteiger partial charge in [0.25, 0.3) is 0 Å². The molecule has 0 aromatic heterocycles. The van der Waals surface area contributed by atoms with Gasteiger partial charge in [-0.05, 0) is 12.8 Å². The Bertz CT molecular complexity index is 173. The van der Waals surface area contributed by atoms with Crippen molar-refractivity contribution >= 4 is 13.1 Å². The van der Waals surface area contributed by atoms with Crippen molar-refractivity contribution in [2.24, 2.45) is 4.99 Å². The molecule has 0 aliphatic rings. The Balaban J connectivity index is 3.69.